The number of nitrogens with zero attached hydrogens (tertiary/aromatic N) is 3. The number of carbonyl (C=O) groups excluding carboxylic acids is 4. The van der Waals surface area contributed by atoms with Crippen LogP contribution in [0.25, 0.3) is 0 Å². The topological polar surface area (TPSA) is 129 Å². The van der Waals surface area contributed by atoms with Gasteiger partial charge in [-0.1, -0.05) is 78.4 Å². The highest BCUT2D eigenvalue weighted by atomic mass is 35.5. The number of likely N-dealkylation sites (tertiary alicyclic amines) is 1. The van der Waals surface area contributed by atoms with Gasteiger partial charge in [0.1, 0.15) is 0 Å². The number of allylic oxidation sites excluding steroid dienone is 2. The van der Waals surface area contributed by atoms with Crippen LogP contribution in [0.1, 0.15) is 67.6 Å². The van der Waals surface area contributed by atoms with Crippen LogP contribution < -0.4 is 10.2 Å². The first kappa shape index (κ1) is 36.4. The molecular formula is C39H35Cl2F3N4O6. The quantitative estimate of drug-likeness (QED) is 0.195. The number of hydrogen-bond donors (Lipinski definition) is 2. The average molecular weight is 784 g/mol. The number of rotatable bonds is 6. The number of hydrogen-bond acceptors (Lipinski definition) is 8. The molecule has 15 heteroatoms. The van der Waals surface area contributed by atoms with E-state index in [0.717, 1.165) is 37.1 Å². The van der Waals surface area contributed by atoms with Crippen LogP contribution in [0, 0.1) is 23.7 Å². The molecule has 0 bridgehead atoms. The second-order valence-electron chi connectivity index (χ2n) is 14.7. The standard InChI is InChI=1S/C39H35Cl2F3N4O6/c1-54-29-9-5-8-25(32(29)49)31-23-14-15-24-30(36(52)47(34(24)50)22-6-3-2-4-7-22)26(23)17-27-35(51)48(37(53)38(27,31)19-10-12-21(40)13-11-19)46-33-28(41)16-20(18-45-33)39(42,43)44/h5,8-14,16,18,22,24,26-27,30-31,49H,2-4,6-7,15,17H2,1H3,(H,45,46)/t24-,26+,27-,30-,31+,38+/m0/s1. The normalized spacial score (nSPS) is 28.5. The molecule has 2 N–H and O–H groups in total. The zero-order chi connectivity index (χ0) is 38.3. The smallest absolute Gasteiger partial charge is 0.417 e. The molecule has 2 aliphatic heterocycles. The minimum absolute atomic E-state index is 0.0225. The molecule has 282 valence electrons. The number of phenolic OH excluding ortho intramolecular Hbond substituents is 1. The second kappa shape index (κ2) is 13.3. The number of pyridine rings is 1. The predicted octanol–water partition coefficient (Wildman–Crippen LogP) is 7.44. The van der Waals surface area contributed by atoms with E-state index >= 15 is 4.79 Å². The van der Waals surface area contributed by atoms with Crippen LogP contribution in [0.15, 0.2) is 66.4 Å². The number of imide groups is 2. The number of halogens is 5. The molecule has 3 heterocycles. The fraction of sp³-hybridized carbons (Fsp3) is 0.410. The van der Waals surface area contributed by atoms with Gasteiger partial charge < -0.3 is 9.84 Å². The maximum atomic E-state index is 15.3. The summed E-state index contributed by atoms with van der Waals surface area (Å²) in [6.45, 7) is 0. The Hall–Kier alpha value is -4.62. The molecule has 54 heavy (non-hydrogen) atoms. The van der Waals surface area contributed by atoms with Gasteiger partial charge in [-0.15, -0.1) is 0 Å². The monoisotopic (exact) mass is 782 g/mol. The van der Waals surface area contributed by atoms with Gasteiger partial charge in [0.25, 0.3) is 11.8 Å². The first-order valence-electron chi connectivity index (χ1n) is 17.9. The lowest BCUT2D eigenvalue weighted by molar-refractivity contribution is -0.144. The molecule has 4 amide bonds. The number of para-hydroxylation sites is 1. The summed E-state index contributed by atoms with van der Waals surface area (Å²) in [5, 5.41) is 12.4. The van der Waals surface area contributed by atoms with Crippen molar-refractivity contribution < 1.29 is 42.2 Å². The highest BCUT2D eigenvalue weighted by molar-refractivity contribution is 6.33. The summed E-state index contributed by atoms with van der Waals surface area (Å²) >= 11 is 12.6. The highest BCUT2D eigenvalue weighted by Crippen LogP contribution is 2.65. The number of nitrogens with one attached hydrogen (secondary N) is 1. The van der Waals surface area contributed by atoms with Crippen molar-refractivity contribution in [2.75, 3.05) is 12.5 Å². The molecule has 2 saturated heterocycles. The van der Waals surface area contributed by atoms with Gasteiger partial charge >= 0.3 is 6.18 Å². The lowest BCUT2D eigenvalue weighted by Crippen LogP contribution is -2.53. The average Bonchev–Trinajstić information content (AvgIpc) is 3.53. The van der Waals surface area contributed by atoms with Gasteiger partial charge in [-0.05, 0) is 61.4 Å². The summed E-state index contributed by atoms with van der Waals surface area (Å²) in [6, 6.07) is 11.7. The number of carbonyl (C=O) groups is 4. The number of ether oxygens (including phenoxy) is 1. The van der Waals surface area contributed by atoms with E-state index in [4.69, 9.17) is 27.9 Å². The molecule has 0 unspecified atom stereocenters. The maximum absolute atomic E-state index is 15.3. The van der Waals surface area contributed by atoms with Crippen LogP contribution >= 0.6 is 23.2 Å². The van der Waals surface area contributed by atoms with Crippen LogP contribution in [0.2, 0.25) is 10.0 Å². The fourth-order valence-corrected chi connectivity index (χ4v) is 10.1. The van der Waals surface area contributed by atoms with Crippen LogP contribution in [-0.4, -0.2) is 56.8 Å². The van der Waals surface area contributed by atoms with Crippen molar-refractivity contribution in [2.24, 2.45) is 23.7 Å². The molecule has 0 radical (unpaired) electrons. The third-order valence-electron chi connectivity index (χ3n) is 12.1. The van der Waals surface area contributed by atoms with Crippen molar-refractivity contribution in [3.63, 3.8) is 0 Å². The first-order chi connectivity index (χ1) is 25.8. The van der Waals surface area contributed by atoms with Crippen molar-refractivity contribution in [1.29, 1.82) is 0 Å². The molecule has 10 nitrogen and oxygen atoms in total. The van der Waals surface area contributed by atoms with Gasteiger partial charge in [-0.25, -0.2) is 4.98 Å². The van der Waals surface area contributed by atoms with Gasteiger partial charge in [0.05, 0.1) is 40.9 Å². The van der Waals surface area contributed by atoms with Gasteiger partial charge in [-0.3, -0.25) is 29.5 Å². The Morgan fingerprint density at radius 3 is 2.35 bits per heavy atom. The molecule has 6 atom stereocenters. The number of fused-ring (bicyclic) bond motifs is 4. The predicted molar refractivity (Wildman–Crippen MR) is 190 cm³/mol. The van der Waals surface area contributed by atoms with E-state index in [0.29, 0.717) is 28.4 Å². The van der Waals surface area contributed by atoms with E-state index < -0.39 is 63.6 Å². The van der Waals surface area contributed by atoms with Gasteiger partial charge in [0.15, 0.2) is 17.3 Å². The Labute approximate surface area is 318 Å². The number of benzene rings is 2. The summed E-state index contributed by atoms with van der Waals surface area (Å²) in [4.78, 5) is 63.9. The van der Waals surface area contributed by atoms with Crippen molar-refractivity contribution in [1.82, 2.24) is 14.9 Å². The summed E-state index contributed by atoms with van der Waals surface area (Å²) in [6.07, 6.45) is 2.14. The van der Waals surface area contributed by atoms with Gasteiger partial charge in [-0.2, -0.15) is 18.2 Å². The van der Waals surface area contributed by atoms with E-state index in [-0.39, 0.29) is 53.6 Å². The minimum Gasteiger partial charge on any atom is -0.504 e. The molecular weight excluding hydrogens is 748 g/mol. The van der Waals surface area contributed by atoms with E-state index in [9.17, 15) is 32.7 Å². The molecule has 0 spiro atoms. The van der Waals surface area contributed by atoms with E-state index in [1.807, 2.05) is 6.08 Å². The van der Waals surface area contributed by atoms with Gasteiger partial charge in [0, 0.05) is 28.7 Å². The molecule has 5 aliphatic rings. The van der Waals surface area contributed by atoms with Crippen LogP contribution in [-0.2, 0) is 30.8 Å². The van der Waals surface area contributed by atoms with Crippen molar-refractivity contribution >= 4 is 52.6 Å². The maximum Gasteiger partial charge on any atom is 0.417 e. The Kier molecular flexibility index (Phi) is 8.95. The van der Waals surface area contributed by atoms with Crippen molar-refractivity contribution in [2.45, 2.75) is 68.5 Å². The third kappa shape index (κ3) is 5.40. The number of aromatic nitrogens is 1. The minimum atomic E-state index is -4.75. The number of alkyl halides is 3. The number of methoxy groups -OCH3 is 1. The molecule has 3 aromatic rings. The van der Waals surface area contributed by atoms with E-state index in [1.165, 1.54) is 12.0 Å². The molecule has 3 aliphatic carbocycles. The summed E-state index contributed by atoms with van der Waals surface area (Å²) < 4.78 is 45.9. The molecule has 8 rings (SSSR count). The highest BCUT2D eigenvalue weighted by Gasteiger charge is 2.71. The van der Waals surface area contributed by atoms with E-state index in [2.05, 4.69) is 10.4 Å². The Bertz CT molecular complexity index is 2110. The SMILES string of the molecule is COc1cccc([C@H]2C3=CC[C@@H]4C(=O)N(C5CCCCC5)C(=O)[C@@H]4[C@@H]3C[C@H]3C(=O)N(Nc4ncc(C(F)(F)F)cc4Cl)C(=O)[C@@]23c2ccc(Cl)cc2)c1O. The van der Waals surface area contributed by atoms with Gasteiger partial charge in [0.2, 0.25) is 11.8 Å². The Balaban J connectivity index is 1.31. The van der Waals surface area contributed by atoms with Crippen LogP contribution in [0.5, 0.6) is 11.5 Å². The van der Waals surface area contributed by atoms with Crippen LogP contribution in [0.4, 0.5) is 19.0 Å². The molecule has 1 aromatic heterocycles. The van der Waals surface area contributed by atoms with Crippen molar-refractivity contribution in [3.05, 3.63) is 93.1 Å². The summed E-state index contributed by atoms with van der Waals surface area (Å²) in [5.74, 6) is -7.04. The lowest BCUT2D eigenvalue weighted by Gasteiger charge is -2.50. The molecule has 2 aromatic carbocycles. The number of phenols is 1. The number of hydrazine groups is 1. The number of anilines is 1. The number of aromatic hydroxyl groups is 1. The second-order valence-corrected chi connectivity index (χ2v) is 15.5. The lowest BCUT2D eigenvalue weighted by atomic mass is 9.49. The Morgan fingerprint density at radius 2 is 1.69 bits per heavy atom. The van der Waals surface area contributed by atoms with Crippen molar-refractivity contribution in [3.8, 4) is 11.5 Å². The van der Waals surface area contributed by atoms with E-state index in [1.54, 1.807) is 42.5 Å². The molecule has 2 saturated carbocycles. The summed E-state index contributed by atoms with van der Waals surface area (Å²) in [7, 11) is 1.38. The zero-order valence-corrected chi connectivity index (χ0v) is 30.4. The van der Waals surface area contributed by atoms with Crippen LogP contribution in [0.3, 0.4) is 0 Å². The third-order valence-corrected chi connectivity index (χ3v) is 12.6. The Morgan fingerprint density at radius 1 is 0.963 bits per heavy atom. The molecule has 4 fully saturated rings. The number of amides is 4. The fourth-order valence-electron chi connectivity index (χ4n) is 9.79. The summed E-state index contributed by atoms with van der Waals surface area (Å²) in [5.41, 5.74) is 0.937. The first-order valence-corrected chi connectivity index (χ1v) is 18.6. The largest absolute Gasteiger partial charge is 0.504 e. The zero-order valence-electron chi connectivity index (χ0n) is 28.9.